The van der Waals surface area contributed by atoms with E-state index in [4.69, 9.17) is 4.42 Å². The van der Waals surface area contributed by atoms with Gasteiger partial charge in [0.2, 0.25) is 5.09 Å². The molecule has 1 atom stereocenters. The number of unbranched alkanes of at least 4 members (excludes halogenated alkanes) is 3. The fraction of sp³-hybridized carbons (Fsp3) is 0.733. The molecule has 0 saturated heterocycles. The zero-order valence-electron chi connectivity index (χ0n) is 13.3. The van der Waals surface area contributed by atoms with Gasteiger partial charge in [0.25, 0.3) is 10.0 Å². The van der Waals surface area contributed by atoms with Gasteiger partial charge in [-0.3, -0.25) is 0 Å². The summed E-state index contributed by atoms with van der Waals surface area (Å²) in [6.45, 7) is 7.40. The summed E-state index contributed by atoms with van der Waals surface area (Å²) in [5.74, 6) is 0.632. The Hall–Kier alpha value is -0.850. The Bertz CT molecular complexity index is 497. The van der Waals surface area contributed by atoms with Crippen molar-refractivity contribution >= 4 is 10.0 Å². The van der Waals surface area contributed by atoms with Gasteiger partial charge in [-0.1, -0.05) is 39.5 Å². The molecule has 1 rings (SSSR count). The first kappa shape index (κ1) is 18.2. The minimum atomic E-state index is -3.55. The topological polar surface area (TPSA) is 71.3 Å². The van der Waals surface area contributed by atoms with E-state index in [1.807, 2.05) is 13.8 Å². The van der Waals surface area contributed by atoms with Crippen LogP contribution in [0.4, 0.5) is 0 Å². The van der Waals surface area contributed by atoms with Crippen LogP contribution < -0.4 is 10.0 Å². The minimum absolute atomic E-state index is 0.00388. The van der Waals surface area contributed by atoms with Gasteiger partial charge in [-0.05, 0) is 32.0 Å². The molecule has 0 aliphatic carbocycles. The standard InChI is InChI=1S/C15H28N2O3S/c1-4-6-7-8-9-13(3)17-21(18,19)15-11-10-14(20-15)12-16-5-2/h10-11,13,16-17H,4-9,12H2,1-3H3. The lowest BCUT2D eigenvalue weighted by Gasteiger charge is -2.12. The van der Waals surface area contributed by atoms with Gasteiger partial charge in [0, 0.05) is 6.04 Å². The first-order chi connectivity index (χ1) is 9.99. The number of rotatable bonds is 11. The molecule has 0 aliphatic heterocycles. The number of furan rings is 1. The maximum absolute atomic E-state index is 12.2. The smallest absolute Gasteiger partial charge is 0.274 e. The molecule has 122 valence electrons. The zero-order valence-corrected chi connectivity index (χ0v) is 14.1. The number of sulfonamides is 1. The highest BCUT2D eigenvalue weighted by Crippen LogP contribution is 2.15. The van der Waals surface area contributed by atoms with Gasteiger partial charge in [-0.2, -0.15) is 0 Å². The van der Waals surface area contributed by atoms with E-state index < -0.39 is 10.0 Å². The Kier molecular flexibility index (Phi) is 8.00. The van der Waals surface area contributed by atoms with E-state index in [0.717, 1.165) is 25.8 Å². The summed E-state index contributed by atoms with van der Waals surface area (Å²) < 4.78 is 32.4. The normalized spacial score (nSPS) is 13.5. The van der Waals surface area contributed by atoms with Crippen LogP contribution in [0.1, 0.15) is 58.6 Å². The van der Waals surface area contributed by atoms with E-state index in [-0.39, 0.29) is 11.1 Å². The third kappa shape index (κ3) is 6.63. The molecule has 0 fully saturated rings. The maximum Gasteiger partial charge on any atom is 0.274 e. The molecule has 1 aromatic rings. The molecular weight excluding hydrogens is 288 g/mol. The number of hydrogen-bond acceptors (Lipinski definition) is 4. The lowest BCUT2D eigenvalue weighted by atomic mass is 10.1. The summed E-state index contributed by atoms with van der Waals surface area (Å²) in [7, 11) is -3.55. The molecule has 0 amide bonds. The second kappa shape index (κ2) is 9.23. The van der Waals surface area contributed by atoms with Crippen molar-refractivity contribution < 1.29 is 12.8 Å². The second-order valence-corrected chi connectivity index (χ2v) is 7.02. The average Bonchev–Trinajstić information content (AvgIpc) is 2.90. The van der Waals surface area contributed by atoms with Crippen LogP contribution >= 0.6 is 0 Å². The van der Waals surface area contributed by atoms with Crippen molar-refractivity contribution in [1.29, 1.82) is 0 Å². The zero-order chi connectivity index (χ0) is 15.7. The van der Waals surface area contributed by atoms with Crippen molar-refractivity contribution in [2.24, 2.45) is 0 Å². The van der Waals surface area contributed by atoms with Crippen LogP contribution in [0, 0.1) is 0 Å². The summed E-state index contributed by atoms with van der Waals surface area (Å²) in [5, 5.41) is 3.10. The second-order valence-electron chi connectivity index (χ2n) is 5.37. The summed E-state index contributed by atoms with van der Waals surface area (Å²) in [4.78, 5) is 0. The van der Waals surface area contributed by atoms with Gasteiger partial charge in [-0.25, -0.2) is 13.1 Å². The van der Waals surface area contributed by atoms with E-state index >= 15 is 0 Å². The van der Waals surface area contributed by atoms with Crippen LogP contribution in [-0.4, -0.2) is 21.0 Å². The molecular formula is C15H28N2O3S. The summed E-state index contributed by atoms with van der Waals surface area (Å²) in [5.41, 5.74) is 0. The van der Waals surface area contributed by atoms with Crippen molar-refractivity contribution in [3.8, 4) is 0 Å². The van der Waals surface area contributed by atoms with Crippen LogP contribution in [0.25, 0.3) is 0 Å². The van der Waals surface area contributed by atoms with Crippen LogP contribution in [0.5, 0.6) is 0 Å². The maximum atomic E-state index is 12.2. The lowest BCUT2D eigenvalue weighted by Crippen LogP contribution is -2.32. The molecule has 21 heavy (non-hydrogen) atoms. The third-order valence-electron chi connectivity index (χ3n) is 3.30. The first-order valence-electron chi connectivity index (χ1n) is 7.81. The van der Waals surface area contributed by atoms with Gasteiger partial charge >= 0.3 is 0 Å². The molecule has 0 aromatic carbocycles. The van der Waals surface area contributed by atoms with Gasteiger partial charge in [0.1, 0.15) is 5.76 Å². The molecule has 0 aliphatic rings. The van der Waals surface area contributed by atoms with Gasteiger partial charge < -0.3 is 9.73 Å². The molecule has 0 bridgehead atoms. The van der Waals surface area contributed by atoms with Crippen molar-refractivity contribution in [2.75, 3.05) is 6.54 Å². The number of hydrogen-bond donors (Lipinski definition) is 2. The van der Waals surface area contributed by atoms with Gasteiger partial charge in [0.15, 0.2) is 0 Å². The van der Waals surface area contributed by atoms with E-state index in [1.54, 1.807) is 6.07 Å². The first-order valence-corrected chi connectivity index (χ1v) is 9.29. The largest absolute Gasteiger partial charge is 0.447 e. The Morgan fingerprint density at radius 2 is 1.95 bits per heavy atom. The Morgan fingerprint density at radius 1 is 1.19 bits per heavy atom. The molecule has 0 spiro atoms. The highest BCUT2D eigenvalue weighted by molar-refractivity contribution is 7.89. The predicted octanol–water partition coefficient (Wildman–Crippen LogP) is 3.03. The van der Waals surface area contributed by atoms with Crippen molar-refractivity contribution in [3.05, 3.63) is 17.9 Å². The number of nitrogens with one attached hydrogen (secondary N) is 2. The Balaban J connectivity index is 2.50. The highest BCUT2D eigenvalue weighted by Gasteiger charge is 2.21. The fourth-order valence-corrected chi connectivity index (χ4v) is 3.33. The molecule has 5 nitrogen and oxygen atoms in total. The Morgan fingerprint density at radius 3 is 2.62 bits per heavy atom. The van der Waals surface area contributed by atoms with Gasteiger partial charge in [-0.15, -0.1) is 0 Å². The molecule has 1 heterocycles. The molecule has 1 unspecified atom stereocenters. The summed E-state index contributed by atoms with van der Waals surface area (Å²) in [6, 6.07) is 3.14. The van der Waals surface area contributed by atoms with Crippen molar-refractivity contribution in [3.63, 3.8) is 0 Å². The predicted molar refractivity (Wildman–Crippen MR) is 84.6 cm³/mol. The quantitative estimate of drug-likeness (QED) is 0.616. The summed E-state index contributed by atoms with van der Waals surface area (Å²) in [6.07, 6.45) is 5.42. The van der Waals surface area contributed by atoms with Crippen LogP contribution in [-0.2, 0) is 16.6 Å². The SMILES string of the molecule is CCCCCCC(C)NS(=O)(=O)c1ccc(CNCC)o1. The van der Waals surface area contributed by atoms with Crippen molar-refractivity contribution in [1.82, 2.24) is 10.0 Å². The van der Waals surface area contributed by atoms with E-state index in [9.17, 15) is 8.42 Å². The third-order valence-corrected chi connectivity index (χ3v) is 4.76. The van der Waals surface area contributed by atoms with Crippen LogP contribution in [0.3, 0.4) is 0 Å². The average molecular weight is 316 g/mol. The van der Waals surface area contributed by atoms with Crippen molar-refractivity contribution in [2.45, 2.75) is 70.6 Å². The highest BCUT2D eigenvalue weighted by atomic mass is 32.2. The molecule has 1 aromatic heterocycles. The monoisotopic (exact) mass is 316 g/mol. The lowest BCUT2D eigenvalue weighted by molar-refractivity contribution is 0.398. The van der Waals surface area contributed by atoms with Crippen LogP contribution in [0.2, 0.25) is 0 Å². The van der Waals surface area contributed by atoms with Gasteiger partial charge in [0.05, 0.1) is 6.54 Å². The fourth-order valence-electron chi connectivity index (χ4n) is 2.11. The minimum Gasteiger partial charge on any atom is -0.447 e. The molecule has 0 saturated carbocycles. The molecule has 0 radical (unpaired) electrons. The molecule has 2 N–H and O–H groups in total. The summed E-state index contributed by atoms with van der Waals surface area (Å²) >= 11 is 0. The van der Waals surface area contributed by atoms with E-state index in [2.05, 4.69) is 17.0 Å². The Labute approximate surface area is 128 Å². The molecule has 6 heteroatoms. The van der Waals surface area contributed by atoms with E-state index in [0.29, 0.717) is 12.3 Å². The van der Waals surface area contributed by atoms with Crippen LogP contribution in [0.15, 0.2) is 21.6 Å². The van der Waals surface area contributed by atoms with E-state index in [1.165, 1.54) is 18.9 Å².